The summed E-state index contributed by atoms with van der Waals surface area (Å²) >= 11 is 0. The molecule has 0 amide bonds. The van der Waals surface area contributed by atoms with E-state index in [2.05, 4.69) is 0 Å². The molecule has 2 aromatic carbocycles. The Morgan fingerprint density at radius 3 is 2.27 bits per heavy atom. The minimum Gasteiger partial charge on any atom is -0.454 e. The van der Waals surface area contributed by atoms with Gasteiger partial charge in [0.15, 0.2) is 6.61 Å². The van der Waals surface area contributed by atoms with Gasteiger partial charge in [0, 0.05) is 22.6 Å². The largest absolute Gasteiger partial charge is 0.454 e. The van der Waals surface area contributed by atoms with Crippen molar-refractivity contribution < 1.29 is 22.7 Å². The van der Waals surface area contributed by atoms with Gasteiger partial charge < -0.3 is 9.30 Å². The predicted molar refractivity (Wildman–Crippen MR) is 112 cm³/mol. The van der Waals surface area contributed by atoms with Crippen molar-refractivity contribution in [1.29, 1.82) is 0 Å². The SMILES string of the molecule is Cc1ccc(S(N)(=O)=O)cc1C(=O)OCC(=O)c1cc(C)n(-c2ccccc2)c1C. The molecule has 8 heteroatoms. The van der Waals surface area contributed by atoms with Crippen LogP contribution in [0, 0.1) is 20.8 Å². The summed E-state index contributed by atoms with van der Waals surface area (Å²) in [5, 5.41) is 5.12. The first-order valence-corrected chi connectivity index (χ1v) is 10.7. The smallest absolute Gasteiger partial charge is 0.338 e. The number of benzene rings is 2. The van der Waals surface area contributed by atoms with Crippen LogP contribution < -0.4 is 5.14 Å². The third-order valence-corrected chi connectivity index (χ3v) is 5.75. The van der Waals surface area contributed by atoms with E-state index in [9.17, 15) is 18.0 Å². The molecule has 0 aliphatic heterocycles. The number of esters is 1. The first-order valence-electron chi connectivity index (χ1n) is 9.17. The number of Topliss-reactive ketones (excluding diaryl/α,β-unsaturated/α-hetero) is 1. The van der Waals surface area contributed by atoms with Gasteiger partial charge >= 0.3 is 5.97 Å². The van der Waals surface area contributed by atoms with E-state index in [0.29, 0.717) is 11.1 Å². The number of nitrogens with two attached hydrogens (primary N) is 1. The summed E-state index contributed by atoms with van der Waals surface area (Å²) in [4.78, 5) is 25.0. The Morgan fingerprint density at radius 2 is 1.63 bits per heavy atom. The quantitative estimate of drug-likeness (QED) is 0.481. The fraction of sp³-hybridized carbons (Fsp3) is 0.182. The number of hydrogen-bond acceptors (Lipinski definition) is 5. The van der Waals surface area contributed by atoms with E-state index in [4.69, 9.17) is 9.88 Å². The summed E-state index contributed by atoms with van der Waals surface area (Å²) in [6.07, 6.45) is 0. The minimum atomic E-state index is -3.96. The Balaban J connectivity index is 1.79. The highest BCUT2D eigenvalue weighted by Gasteiger charge is 2.20. The van der Waals surface area contributed by atoms with E-state index in [1.165, 1.54) is 12.1 Å². The lowest BCUT2D eigenvalue weighted by atomic mass is 10.1. The summed E-state index contributed by atoms with van der Waals surface area (Å²) in [7, 11) is -3.96. The zero-order chi connectivity index (χ0) is 22.1. The number of ketones is 1. The second-order valence-corrected chi connectivity index (χ2v) is 8.54. The average Bonchev–Trinajstić information content (AvgIpc) is 3.00. The molecule has 1 aromatic heterocycles. The van der Waals surface area contributed by atoms with Crippen molar-refractivity contribution in [2.45, 2.75) is 25.7 Å². The van der Waals surface area contributed by atoms with Crippen LogP contribution in [0.4, 0.5) is 0 Å². The molecule has 3 rings (SSSR count). The van der Waals surface area contributed by atoms with Gasteiger partial charge in [-0.15, -0.1) is 0 Å². The van der Waals surface area contributed by atoms with Gasteiger partial charge in [0.2, 0.25) is 15.8 Å². The normalized spacial score (nSPS) is 11.3. The Bertz CT molecular complexity index is 1230. The first kappa shape index (κ1) is 21.5. The Hall–Kier alpha value is -3.23. The lowest BCUT2D eigenvalue weighted by Crippen LogP contribution is -2.17. The zero-order valence-electron chi connectivity index (χ0n) is 16.9. The fourth-order valence-corrected chi connectivity index (χ4v) is 3.84. The van der Waals surface area contributed by atoms with Crippen LogP contribution in [-0.4, -0.2) is 31.3 Å². The van der Waals surface area contributed by atoms with Crippen molar-refractivity contribution in [3.05, 3.63) is 82.7 Å². The number of hydrogen-bond donors (Lipinski definition) is 1. The van der Waals surface area contributed by atoms with E-state index in [-0.39, 0.29) is 16.2 Å². The van der Waals surface area contributed by atoms with E-state index < -0.39 is 22.6 Å². The second kappa shape index (κ2) is 8.25. The number of para-hydroxylation sites is 1. The van der Waals surface area contributed by atoms with Crippen LogP contribution in [-0.2, 0) is 14.8 Å². The molecule has 0 saturated heterocycles. The highest BCUT2D eigenvalue weighted by Crippen LogP contribution is 2.21. The monoisotopic (exact) mass is 426 g/mol. The topological polar surface area (TPSA) is 108 Å². The number of ether oxygens (including phenoxy) is 1. The van der Waals surface area contributed by atoms with Crippen LogP contribution in [0.3, 0.4) is 0 Å². The van der Waals surface area contributed by atoms with Crippen LogP contribution in [0.2, 0.25) is 0 Å². The Kier molecular flexibility index (Phi) is 5.91. The molecule has 0 saturated carbocycles. The number of rotatable bonds is 6. The van der Waals surface area contributed by atoms with Crippen LogP contribution in [0.15, 0.2) is 59.5 Å². The number of sulfonamides is 1. The maximum Gasteiger partial charge on any atom is 0.338 e. The molecule has 0 spiro atoms. The summed E-state index contributed by atoms with van der Waals surface area (Å²) < 4.78 is 30.2. The molecule has 7 nitrogen and oxygen atoms in total. The lowest BCUT2D eigenvalue weighted by molar-refractivity contribution is 0.0473. The number of aromatic nitrogens is 1. The standard InChI is InChI=1S/C22H22N2O5S/c1-14-9-10-18(30(23,27)28)12-19(14)22(26)29-13-21(25)20-11-15(2)24(16(20)3)17-7-5-4-6-8-17/h4-12H,13H2,1-3H3,(H2,23,27,28). The van der Waals surface area contributed by atoms with Crippen LogP contribution >= 0.6 is 0 Å². The number of primary sulfonamides is 1. The van der Waals surface area contributed by atoms with Crippen molar-refractivity contribution in [2.24, 2.45) is 5.14 Å². The predicted octanol–water partition coefficient (Wildman–Crippen LogP) is 3.09. The molecule has 0 atom stereocenters. The van der Waals surface area contributed by atoms with Gasteiger partial charge in [-0.05, 0) is 56.7 Å². The molecule has 1 heterocycles. The molecule has 156 valence electrons. The number of carbonyl (C=O) groups excluding carboxylic acids is 2. The van der Waals surface area contributed by atoms with E-state index >= 15 is 0 Å². The van der Waals surface area contributed by atoms with Gasteiger partial charge in [0.25, 0.3) is 0 Å². The third-order valence-electron chi connectivity index (χ3n) is 4.84. The summed E-state index contributed by atoms with van der Waals surface area (Å²) in [5.74, 6) is -1.14. The maximum atomic E-state index is 12.7. The molecule has 2 N–H and O–H groups in total. The Labute approximate surface area is 175 Å². The number of nitrogens with zero attached hydrogens (tertiary/aromatic N) is 1. The van der Waals surface area contributed by atoms with E-state index in [1.54, 1.807) is 13.0 Å². The number of aryl methyl sites for hydroxylation is 2. The highest BCUT2D eigenvalue weighted by molar-refractivity contribution is 7.89. The molecule has 0 bridgehead atoms. The van der Waals surface area contributed by atoms with E-state index in [0.717, 1.165) is 23.1 Å². The van der Waals surface area contributed by atoms with Crippen molar-refractivity contribution >= 4 is 21.8 Å². The molecule has 0 fully saturated rings. The van der Waals surface area contributed by atoms with Crippen molar-refractivity contribution in [1.82, 2.24) is 4.57 Å². The number of carbonyl (C=O) groups is 2. The molecule has 30 heavy (non-hydrogen) atoms. The molecule has 0 unspecified atom stereocenters. The maximum absolute atomic E-state index is 12.7. The first-order chi connectivity index (χ1) is 14.1. The third kappa shape index (κ3) is 4.34. The second-order valence-electron chi connectivity index (χ2n) is 6.98. The van der Waals surface area contributed by atoms with Crippen LogP contribution in [0.25, 0.3) is 5.69 Å². The van der Waals surface area contributed by atoms with Crippen LogP contribution in [0.5, 0.6) is 0 Å². The molecule has 0 aliphatic carbocycles. The summed E-state index contributed by atoms with van der Waals surface area (Å²) in [6, 6.07) is 15.3. The van der Waals surface area contributed by atoms with Crippen molar-refractivity contribution in [3.63, 3.8) is 0 Å². The fourth-order valence-electron chi connectivity index (χ4n) is 3.30. The van der Waals surface area contributed by atoms with Gasteiger partial charge in [-0.25, -0.2) is 18.4 Å². The lowest BCUT2D eigenvalue weighted by Gasteiger charge is -2.10. The van der Waals surface area contributed by atoms with Gasteiger partial charge in [0.05, 0.1) is 10.5 Å². The zero-order valence-corrected chi connectivity index (χ0v) is 17.7. The molecular weight excluding hydrogens is 404 g/mol. The van der Waals surface area contributed by atoms with Gasteiger partial charge in [-0.1, -0.05) is 24.3 Å². The van der Waals surface area contributed by atoms with Crippen LogP contribution in [0.1, 0.15) is 37.7 Å². The Morgan fingerprint density at radius 1 is 0.967 bits per heavy atom. The summed E-state index contributed by atoms with van der Waals surface area (Å²) in [6.45, 7) is 4.90. The molecular formula is C22H22N2O5S. The van der Waals surface area contributed by atoms with Gasteiger partial charge in [0.1, 0.15) is 0 Å². The molecule has 0 radical (unpaired) electrons. The van der Waals surface area contributed by atoms with Crippen molar-refractivity contribution in [2.75, 3.05) is 6.61 Å². The van der Waals surface area contributed by atoms with Crippen molar-refractivity contribution in [3.8, 4) is 5.69 Å². The average molecular weight is 426 g/mol. The van der Waals surface area contributed by atoms with Gasteiger partial charge in [-0.3, -0.25) is 4.79 Å². The minimum absolute atomic E-state index is 0.0454. The highest BCUT2D eigenvalue weighted by atomic mass is 32.2. The summed E-state index contributed by atoms with van der Waals surface area (Å²) in [5.41, 5.74) is 3.57. The molecule has 3 aromatic rings. The van der Waals surface area contributed by atoms with Gasteiger partial charge in [-0.2, -0.15) is 0 Å². The molecule has 0 aliphatic rings. The van der Waals surface area contributed by atoms with E-state index in [1.807, 2.05) is 48.7 Å².